The van der Waals surface area contributed by atoms with Crippen LogP contribution in [0.25, 0.3) is 10.8 Å². The summed E-state index contributed by atoms with van der Waals surface area (Å²) in [6, 6.07) is 2.92. The fraction of sp³-hybridized carbons (Fsp3) is 0.231. The number of pyridine rings is 1. The van der Waals surface area contributed by atoms with Gasteiger partial charge in [0.1, 0.15) is 0 Å². The second kappa shape index (κ2) is 4.64. The van der Waals surface area contributed by atoms with Gasteiger partial charge >= 0.3 is 0 Å². The first kappa shape index (κ1) is 12.9. The number of benzene rings is 1. The number of hydrogen-bond acceptors (Lipinski definition) is 5. The van der Waals surface area contributed by atoms with Crippen LogP contribution in [0.3, 0.4) is 0 Å². The van der Waals surface area contributed by atoms with Gasteiger partial charge in [-0.3, -0.25) is 4.79 Å². The highest BCUT2D eigenvalue weighted by atomic mass is 16.5. The molecule has 6 heteroatoms. The Morgan fingerprint density at radius 1 is 1.16 bits per heavy atom. The van der Waals surface area contributed by atoms with Crippen LogP contribution in [0.15, 0.2) is 23.1 Å². The molecule has 0 spiro atoms. The quantitative estimate of drug-likeness (QED) is 0.772. The van der Waals surface area contributed by atoms with Gasteiger partial charge in [0.15, 0.2) is 11.5 Å². The maximum absolute atomic E-state index is 12.0. The summed E-state index contributed by atoms with van der Waals surface area (Å²) in [7, 11) is 4.35. The number of carbonyl (C=O) groups excluding carboxylic acids is 1. The van der Waals surface area contributed by atoms with Gasteiger partial charge in [0.2, 0.25) is 0 Å². The van der Waals surface area contributed by atoms with E-state index in [1.165, 1.54) is 44.2 Å². The number of ether oxygens (including phenoxy) is 2. The van der Waals surface area contributed by atoms with Gasteiger partial charge in [0, 0.05) is 24.2 Å². The van der Waals surface area contributed by atoms with Crippen LogP contribution >= 0.6 is 0 Å². The second-order valence-electron chi connectivity index (χ2n) is 4.00. The third kappa shape index (κ3) is 2.01. The molecule has 2 aromatic rings. The summed E-state index contributed by atoms with van der Waals surface area (Å²) in [5.41, 5.74) is -0.390. The van der Waals surface area contributed by atoms with E-state index in [2.05, 4.69) is 0 Å². The number of fused-ring (bicyclic) bond motifs is 1. The van der Waals surface area contributed by atoms with Crippen molar-refractivity contribution in [1.29, 1.82) is 0 Å². The van der Waals surface area contributed by atoms with Gasteiger partial charge in [-0.15, -0.1) is 0 Å². The number of carbonyl (C=O) groups is 1. The molecule has 2 rings (SSSR count). The van der Waals surface area contributed by atoms with Crippen molar-refractivity contribution in [3.63, 3.8) is 0 Å². The molecule has 0 unspecified atom stereocenters. The zero-order valence-electron chi connectivity index (χ0n) is 10.7. The average molecular weight is 262 g/mol. The van der Waals surface area contributed by atoms with E-state index < -0.39 is 5.97 Å². The van der Waals surface area contributed by atoms with Crippen molar-refractivity contribution in [3.8, 4) is 11.5 Å². The molecule has 0 saturated heterocycles. The van der Waals surface area contributed by atoms with Gasteiger partial charge in [-0.25, -0.2) is 0 Å². The zero-order valence-corrected chi connectivity index (χ0v) is 10.7. The Morgan fingerprint density at radius 3 is 2.16 bits per heavy atom. The van der Waals surface area contributed by atoms with E-state index in [0.717, 1.165) is 0 Å². The van der Waals surface area contributed by atoms with E-state index in [1.807, 2.05) is 0 Å². The minimum Gasteiger partial charge on any atom is -0.545 e. The van der Waals surface area contributed by atoms with Crippen LogP contribution in [0.4, 0.5) is 0 Å². The molecular weight excluding hydrogens is 250 g/mol. The Labute approximate surface area is 108 Å². The van der Waals surface area contributed by atoms with E-state index in [1.54, 1.807) is 0 Å². The lowest BCUT2D eigenvalue weighted by atomic mass is 10.1. The highest BCUT2D eigenvalue weighted by Crippen LogP contribution is 2.32. The normalized spacial score (nSPS) is 10.5. The van der Waals surface area contributed by atoms with Crippen molar-refractivity contribution in [2.45, 2.75) is 0 Å². The number of nitrogens with zero attached hydrogens (tertiary/aromatic N) is 1. The van der Waals surface area contributed by atoms with Crippen LogP contribution in [0.2, 0.25) is 0 Å². The molecule has 0 atom stereocenters. The summed E-state index contributed by atoms with van der Waals surface area (Å²) in [6.45, 7) is 0. The molecule has 0 aliphatic carbocycles. The molecule has 0 N–H and O–H groups in total. The molecule has 0 fully saturated rings. The molecule has 1 heterocycles. The molecule has 0 aliphatic rings. The Bertz CT molecular complexity index is 717. The lowest BCUT2D eigenvalue weighted by Gasteiger charge is -2.13. The largest absolute Gasteiger partial charge is 0.545 e. The molecule has 1 aromatic heterocycles. The SMILES string of the molecule is COc1cc2c(C(=O)[O-])cn(C)c(=O)c2cc1OC. The van der Waals surface area contributed by atoms with E-state index in [9.17, 15) is 14.7 Å². The number of aromatic carboxylic acids is 1. The zero-order chi connectivity index (χ0) is 14.2. The monoisotopic (exact) mass is 262 g/mol. The minimum absolute atomic E-state index is 0.0712. The van der Waals surface area contributed by atoms with Crippen LogP contribution in [0.1, 0.15) is 10.4 Å². The van der Waals surface area contributed by atoms with Crippen LogP contribution < -0.4 is 20.1 Å². The summed E-state index contributed by atoms with van der Waals surface area (Å²) in [5, 5.41) is 11.6. The van der Waals surface area contributed by atoms with Crippen LogP contribution in [0.5, 0.6) is 11.5 Å². The van der Waals surface area contributed by atoms with E-state index in [-0.39, 0.29) is 21.9 Å². The van der Waals surface area contributed by atoms with Crippen molar-refractivity contribution in [2.75, 3.05) is 14.2 Å². The molecule has 0 bridgehead atoms. The van der Waals surface area contributed by atoms with Crippen molar-refractivity contribution < 1.29 is 19.4 Å². The minimum atomic E-state index is -1.35. The summed E-state index contributed by atoms with van der Waals surface area (Å²) < 4.78 is 11.4. The van der Waals surface area contributed by atoms with Gasteiger partial charge in [-0.2, -0.15) is 0 Å². The Kier molecular flexibility index (Phi) is 3.16. The molecule has 0 saturated carbocycles. The molecule has 100 valence electrons. The third-order valence-electron chi connectivity index (χ3n) is 2.91. The van der Waals surface area contributed by atoms with Gasteiger partial charge in [0.25, 0.3) is 5.56 Å². The van der Waals surface area contributed by atoms with Crippen molar-refractivity contribution in [2.24, 2.45) is 7.05 Å². The highest BCUT2D eigenvalue weighted by molar-refractivity contribution is 6.03. The molecule has 1 aromatic carbocycles. The third-order valence-corrected chi connectivity index (χ3v) is 2.91. The summed E-state index contributed by atoms with van der Waals surface area (Å²) >= 11 is 0. The molecule has 19 heavy (non-hydrogen) atoms. The summed E-state index contributed by atoms with van der Waals surface area (Å²) in [6.07, 6.45) is 1.23. The highest BCUT2D eigenvalue weighted by Gasteiger charge is 2.13. The number of carboxylic acid groups (broad SMARTS) is 1. The Balaban J connectivity index is 2.97. The van der Waals surface area contributed by atoms with E-state index in [0.29, 0.717) is 11.5 Å². The van der Waals surface area contributed by atoms with Crippen LogP contribution in [-0.4, -0.2) is 24.8 Å². The molecule has 0 amide bonds. The number of rotatable bonds is 3. The fourth-order valence-corrected chi connectivity index (χ4v) is 1.95. The second-order valence-corrected chi connectivity index (χ2v) is 4.00. The van der Waals surface area contributed by atoms with Gasteiger partial charge in [0.05, 0.1) is 25.6 Å². The predicted molar refractivity (Wildman–Crippen MR) is 66.6 cm³/mol. The standard InChI is InChI=1S/C13H13NO5/c1-14-6-9(13(16)17)7-4-10(18-2)11(19-3)5-8(7)12(14)15/h4-6H,1-3H3,(H,16,17)/p-1. The predicted octanol–water partition coefficient (Wildman–Crippen LogP) is -0.0808. The average Bonchev–Trinajstić information content (AvgIpc) is 2.41. The summed E-state index contributed by atoms with van der Waals surface area (Å²) in [4.78, 5) is 23.2. The van der Waals surface area contributed by atoms with Crippen molar-refractivity contribution >= 4 is 16.7 Å². The topological polar surface area (TPSA) is 80.6 Å². The Morgan fingerprint density at radius 2 is 1.68 bits per heavy atom. The molecule has 6 nitrogen and oxygen atoms in total. The van der Waals surface area contributed by atoms with Gasteiger partial charge < -0.3 is 23.9 Å². The van der Waals surface area contributed by atoms with Gasteiger partial charge in [-0.1, -0.05) is 0 Å². The fourth-order valence-electron chi connectivity index (χ4n) is 1.95. The lowest BCUT2D eigenvalue weighted by Crippen LogP contribution is -2.26. The number of hydrogen-bond donors (Lipinski definition) is 0. The lowest BCUT2D eigenvalue weighted by molar-refractivity contribution is -0.254. The van der Waals surface area contributed by atoms with Crippen molar-refractivity contribution in [1.82, 2.24) is 4.57 Å². The van der Waals surface area contributed by atoms with E-state index >= 15 is 0 Å². The summed E-state index contributed by atoms with van der Waals surface area (Å²) in [5.74, 6) is -0.638. The molecule has 0 radical (unpaired) electrons. The van der Waals surface area contributed by atoms with Crippen LogP contribution in [0, 0.1) is 0 Å². The first-order valence-corrected chi connectivity index (χ1v) is 5.46. The maximum atomic E-state index is 12.0. The molecule has 0 aliphatic heterocycles. The molecular formula is C13H12NO5-. The number of carboxylic acids is 1. The van der Waals surface area contributed by atoms with Crippen molar-refractivity contribution in [3.05, 3.63) is 34.2 Å². The number of aryl methyl sites for hydroxylation is 1. The van der Waals surface area contributed by atoms with E-state index in [4.69, 9.17) is 9.47 Å². The number of aromatic nitrogens is 1. The van der Waals surface area contributed by atoms with Crippen LogP contribution in [-0.2, 0) is 7.05 Å². The maximum Gasteiger partial charge on any atom is 0.258 e. The van der Waals surface area contributed by atoms with Gasteiger partial charge in [-0.05, 0) is 12.1 Å². The first-order valence-electron chi connectivity index (χ1n) is 5.46. The first-order chi connectivity index (χ1) is 8.99. The number of methoxy groups -OCH3 is 2. The smallest absolute Gasteiger partial charge is 0.258 e. The Hall–Kier alpha value is -2.50.